The Hall–Kier alpha value is -1.75. The van der Waals surface area contributed by atoms with Crippen molar-refractivity contribution in [2.75, 3.05) is 24.9 Å². The number of hydrogen-bond donors (Lipinski definition) is 2. The molecule has 0 aliphatic heterocycles. The molecular formula is C15H21ClN2O3. The monoisotopic (exact) mass is 312 g/mol. The molecule has 2 N–H and O–H groups in total. The second-order valence-corrected chi connectivity index (χ2v) is 4.93. The van der Waals surface area contributed by atoms with E-state index in [1.165, 1.54) is 7.11 Å². The second kappa shape index (κ2) is 10.0. The van der Waals surface area contributed by atoms with Crippen LogP contribution in [0.2, 0.25) is 0 Å². The predicted molar refractivity (Wildman–Crippen MR) is 83.8 cm³/mol. The molecule has 0 saturated heterocycles. The Bertz CT molecular complexity index is 466. The number of halogens is 1. The lowest BCUT2D eigenvalue weighted by Gasteiger charge is -2.08. The van der Waals surface area contributed by atoms with Crippen LogP contribution < -0.4 is 10.6 Å². The van der Waals surface area contributed by atoms with E-state index in [0.717, 1.165) is 30.5 Å². The first-order valence-electron chi connectivity index (χ1n) is 6.92. The molecule has 0 heterocycles. The first kappa shape index (κ1) is 17.3. The zero-order valence-corrected chi connectivity index (χ0v) is 12.9. The van der Waals surface area contributed by atoms with Gasteiger partial charge in [0.05, 0.1) is 7.11 Å². The largest absolute Gasteiger partial charge is 0.469 e. The minimum Gasteiger partial charge on any atom is -0.469 e. The average molecular weight is 313 g/mol. The molecule has 0 aliphatic carbocycles. The number of anilines is 1. The Labute approximate surface area is 130 Å². The van der Waals surface area contributed by atoms with E-state index >= 15 is 0 Å². The smallest absolute Gasteiger partial charge is 0.319 e. The summed E-state index contributed by atoms with van der Waals surface area (Å²) in [7, 11) is 1.40. The number of unbranched alkanes of at least 4 members (excludes halogenated alkanes) is 1. The highest BCUT2D eigenvalue weighted by molar-refractivity contribution is 6.18. The molecule has 21 heavy (non-hydrogen) atoms. The van der Waals surface area contributed by atoms with Crippen LogP contribution >= 0.6 is 11.6 Å². The number of ether oxygens (including phenoxy) is 1. The molecule has 0 aliphatic rings. The van der Waals surface area contributed by atoms with Crippen molar-refractivity contribution in [2.24, 2.45) is 0 Å². The standard InChI is InChI=1S/C15H21ClN2O3/c1-21-14(19)8-3-2-5-12-6-4-7-13(11-12)18-15(20)17-10-9-16/h4,6-7,11H,2-3,5,8-10H2,1H3,(H2,17,18,20). The van der Waals surface area contributed by atoms with Crippen LogP contribution in [0.4, 0.5) is 10.5 Å². The van der Waals surface area contributed by atoms with Crippen molar-refractivity contribution < 1.29 is 14.3 Å². The third-order valence-electron chi connectivity index (χ3n) is 2.89. The molecule has 1 aromatic carbocycles. The van der Waals surface area contributed by atoms with Crippen LogP contribution in [0.1, 0.15) is 24.8 Å². The summed E-state index contributed by atoms with van der Waals surface area (Å²) in [5.41, 5.74) is 1.86. The van der Waals surface area contributed by atoms with Gasteiger partial charge in [-0.2, -0.15) is 0 Å². The van der Waals surface area contributed by atoms with Crippen molar-refractivity contribution in [2.45, 2.75) is 25.7 Å². The normalized spacial score (nSPS) is 10.0. The number of amides is 2. The Morgan fingerprint density at radius 3 is 2.81 bits per heavy atom. The van der Waals surface area contributed by atoms with E-state index in [0.29, 0.717) is 18.8 Å². The van der Waals surface area contributed by atoms with Gasteiger partial charge in [0.1, 0.15) is 0 Å². The van der Waals surface area contributed by atoms with Gasteiger partial charge in [0.15, 0.2) is 0 Å². The number of hydrogen-bond acceptors (Lipinski definition) is 3. The highest BCUT2D eigenvalue weighted by atomic mass is 35.5. The molecule has 1 rings (SSSR count). The SMILES string of the molecule is COC(=O)CCCCc1cccc(NC(=O)NCCCl)c1. The molecule has 6 heteroatoms. The fourth-order valence-electron chi connectivity index (χ4n) is 1.84. The molecule has 2 amide bonds. The summed E-state index contributed by atoms with van der Waals surface area (Å²) >= 11 is 5.50. The van der Waals surface area contributed by atoms with Gasteiger partial charge in [-0.05, 0) is 37.0 Å². The van der Waals surface area contributed by atoms with E-state index in [2.05, 4.69) is 15.4 Å². The molecule has 0 spiro atoms. The molecule has 0 atom stereocenters. The third kappa shape index (κ3) is 7.56. The first-order chi connectivity index (χ1) is 10.2. The molecule has 1 aromatic rings. The number of rotatable bonds is 8. The molecule has 0 saturated carbocycles. The highest BCUT2D eigenvalue weighted by Gasteiger charge is 2.03. The van der Waals surface area contributed by atoms with Crippen molar-refractivity contribution in [3.63, 3.8) is 0 Å². The summed E-state index contributed by atoms with van der Waals surface area (Å²) in [6.07, 6.45) is 2.99. The summed E-state index contributed by atoms with van der Waals surface area (Å²) in [5, 5.41) is 5.39. The number of nitrogens with one attached hydrogen (secondary N) is 2. The van der Waals surface area contributed by atoms with E-state index in [1.807, 2.05) is 24.3 Å². The van der Waals surface area contributed by atoms with Gasteiger partial charge in [0.2, 0.25) is 0 Å². The number of alkyl halides is 1. The molecule has 0 radical (unpaired) electrons. The second-order valence-electron chi connectivity index (χ2n) is 4.55. The predicted octanol–water partition coefficient (Wildman–Crippen LogP) is 2.93. The Morgan fingerprint density at radius 2 is 2.10 bits per heavy atom. The van der Waals surface area contributed by atoms with Gasteiger partial charge < -0.3 is 15.4 Å². The maximum absolute atomic E-state index is 11.5. The minimum atomic E-state index is -0.265. The van der Waals surface area contributed by atoms with Crippen molar-refractivity contribution >= 4 is 29.3 Å². The summed E-state index contributed by atoms with van der Waals surface area (Å²) in [6, 6.07) is 7.39. The molecular weight excluding hydrogens is 292 g/mol. The molecule has 0 aromatic heterocycles. The summed E-state index contributed by atoms with van der Waals surface area (Å²) in [5.74, 6) is 0.203. The van der Waals surface area contributed by atoms with E-state index in [1.54, 1.807) is 0 Å². The van der Waals surface area contributed by atoms with Crippen LogP contribution in [0.15, 0.2) is 24.3 Å². The lowest BCUT2D eigenvalue weighted by atomic mass is 10.1. The Balaban J connectivity index is 2.38. The number of aryl methyl sites for hydroxylation is 1. The van der Waals surface area contributed by atoms with Gasteiger partial charge in [-0.25, -0.2) is 4.79 Å². The van der Waals surface area contributed by atoms with Crippen molar-refractivity contribution in [1.29, 1.82) is 0 Å². The van der Waals surface area contributed by atoms with Gasteiger partial charge in [0.25, 0.3) is 0 Å². The van der Waals surface area contributed by atoms with Crippen LogP contribution in [0.3, 0.4) is 0 Å². The van der Waals surface area contributed by atoms with Gasteiger partial charge in [-0.15, -0.1) is 11.6 Å². The Morgan fingerprint density at radius 1 is 1.29 bits per heavy atom. The number of carbonyl (C=O) groups excluding carboxylic acids is 2. The third-order valence-corrected chi connectivity index (χ3v) is 3.08. The van der Waals surface area contributed by atoms with E-state index in [4.69, 9.17) is 11.6 Å². The maximum atomic E-state index is 11.5. The number of methoxy groups -OCH3 is 1. The van der Waals surface area contributed by atoms with Crippen molar-refractivity contribution in [3.05, 3.63) is 29.8 Å². The van der Waals surface area contributed by atoms with E-state index in [-0.39, 0.29) is 12.0 Å². The number of benzene rings is 1. The highest BCUT2D eigenvalue weighted by Crippen LogP contribution is 2.13. The summed E-state index contributed by atoms with van der Waals surface area (Å²) in [4.78, 5) is 22.5. The number of urea groups is 1. The minimum absolute atomic E-state index is 0.179. The van der Waals surface area contributed by atoms with Gasteiger partial charge in [-0.3, -0.25) is 4.79 Å². The zero-order valence-electron chi connectivity index (χ0n) is 12.2. The molecule has 5 nitrogen and oxygen atoms in total. The quantitative estimate of drug-likeness (QED) is 0.440. The van der Waals surface area contributed by atoms with Crippen LogP contribution in [0.5, 0.6) is 0 Å². The van der Waals surface area contributed by atoms with Crippen LogP contribution in [0.25, 0.3) is 0 Å². The van der Waals surface area contributed by atoms with Gasteiger partial charge in [-0.1, -0.05) is 12.1 Å². The number of esters is 1. The molecule has 0 fully saturated rings. The topological polar surface area (TPSA) is 67.4 Å². The number of carbonyl (C=O) groups is 2. The molecule has 0 bridgehead atoms. The van der Waals surface area contributed by atoms with E-state index in [9.17, 15) is 9.59 Å². The van der Waals surface area contributed by atoms with Gasteiger partial charge in [0, 0.05) is 24.5 Å². The summed E-state index contributed by atoms with van der Waals surface area (Å²) in [6.45, 7) is 0.431. The average Bonchev–Trinajstić information content (AvgIpc) is 2.49. The zero-order chi connectivity index (χ0) is 15.5. The lowest BCUT2D eigenvalue weighted by Crippen LogP contribution is -2.30. The Kier molecular flexibility index (Phi) is 8.28. The van der Waals surface area contributed by atoms with Crippen LogP contribution in [0, 0.1) is 0 Å². The fraction of sp³-hybridized carbons (Fsp3) is 0.467. The first-order valence-corrected chi connectivity index (χ1v) is 7.45. The summed E-state index contributed by atoms with van der Waals surface area (Å²) < 4.78 is 4.59. The fourth-order valence-corrected chi connectivity index (χ4v) is 1.94. The van der Waals surface area contributed by atoms with Crippen molar-refractivity contribution in [1.82, 2.24) is 5.32 Å². The maximum Gasteiger partial charge on any atom is 0.319 e. The van der Waals surface area contributed by atoms with Crippen LogP contribution in [-0.2, 0) is 16.0 Å². The van der Waals surface area contributed by atoms with Crippen LogP contribution in [-0.4, -0.2) is 31.5 Å². The van der Waals surface area contributed by atoms with Crippen molar-refractivity contribution in [3.8, 4) is 0 Å². The van der Waals surface area contributed by atoms with E-state index < -0.39 is 0 Å². The van der Waals surface area contributed by atoms with Gasteiger partial charge >= 0.3 is 12.0 Å². The molecule has 116 valence electrons. The lowest BCUT2D eigenvalue weighted by molar-refractivity contribution is -0.140. The molecule has 0 unspecified atom stereocenters.